The Morgan fingerprint density at radius 1 is 1.07 bits per heavy atom. The van der Waals surface area contributed by atoms with Gasteiger partial charge < -0.3 is 29.9 Å². The lowest BCUT2D eigenvalue weighted by Gasteiger charge is -2.37. The topological polar surface area (TPSA) is 109 Å². The molecule has 3 heterocycles. The van der Waals surface area contributed by atoms with E-state index in [1.807, 2.05) is 45.9 Å². The minimum atomic E-state index is -4.63. The van der Waals surface area contributed by atoms with Crippen LogP contribution in [0.15, 0.2) is 36.5 Å². The van der Waals surface area contributed by atoms with Gasteiger partial charge in [-0.25, -0.2) is 14.8 Å². The third-order valence-electron chi connectivity index (χ3n) is 7.99. The molecule has 2 amide bonds. The summed E-state index contributed by atoms with van der Waals surface area (Å²) >= 11 is 0. The predicted molar refractivity (Wildman–Crippen MR) is 169 cm³/mol. The Kier molecular flexibility index (Phi) is 9.32. The zero-order valence-corrected chi connectivity index (χ0v) is 26.7. The van der Waals surface area contributed by atoms with Crippen LogP contribution in [0.25, 0.3) is 0 Å². The zero-order chi connectivity index (χ0) is 33.2. The van der Waals surface area contributed by atoms with Crippen LogP contribution in [-0.4, -0.2) is 65.8 Å². The first-order valence-electron chi connectivity index (χ1n) is 15.3. The van der Waals surface area contributed by atoms with Crippen molar-refractivity contribution in [1.82, 2.24) is 14.9 Å². The van der Waals surface area contributed by atoms with Crippen LogP contribution in [-0.2, 0) is 41.4 Å². The Morgan fingerprint density at radius 2 is 1.80 bits per heavy atom. The number of hydrogen-bond donors (Lipinski definition) is 2. The number of carbonyl (C=O) groups excluding carboxylic acids is 2. The zero-order valence-electron chi connectivity index (χ0n) is 26.7. The van der Waals surface area contributed by atoms with E-state index in [1.54, 1.807) is 17.0 Å². The number of hydrogen-bond acceptors (Lipinski definition) is 8. The number of halogens is 3. The van der Waals surface area contributed by atoms with Gasteiger partial charge in [-0.15, -0.1) is 0 Å². The number of rotatable bonds is 8. The third-order valence-corrected chi connectivity index (χ3v) is 7.99. The quantitative estimate of drug-likeness (QED) is 0.302. The van der Waals surface area contributed by atoms with E-state index in [0.29, 0.717) is 49.7 Å². The molecule has 1 saturated heterocycles. The Hall–Kier alpha value is -4.55. The van der Waals surface area contributed by atoms with Crippen LogP contribution in [0.3, 0.4) is 0 Å². The molecule has 10 nitrogen and oxygen atoms in total. The fraction of sp³-hybridized carbons (Fsp3) is 0.455. The van der Waals surface area contributed by atoms with Crippen LogP contribution in [0.5, 0.6) is 5.75 Å². The van der Waals surface area contributed by atoms with Crippen LogP contribution < -0.4 is 20.3 Å². The molecule has 2 aromatic carbocycles. The molecule has 0 unspecified atom stereocenters. The lowest BCUT2D eigenvalue weighted by atomic mass is 9.98. The number of benzene rings is 2. The molecule has 0 spiro atoms. The van der Waals surface area contributed by atoms with E-state index in [4.69, 9.17) is 9.47 Å². The Labute approximate surface area is 266 Å². The number of alkyl halides is 3. The van der Waals surface area contributed by atoms with Crippen LogP contribution in [0.4, 0.5) is 41.0 Å². The van der Waals surface area contributed by atoms with Gasteiger partial charge >= 0.3 is 12.3 Å². The third kappa shape index (κ3) is 7.45. The Morgan fingerprint density at radius 3 is 2.46 bits per heavy atom. The summed E-state index contributed by atoms with van der Waals surface area (Å²) in [5, 5.41) is 5.86. The van der Waals surface area contributed by atoms with Crippen molar-refractivity contribution in [2.24, 2.45) is 0 Å². The first-order valence-corrected chi connectivity index (χ1v) is 15.3. The number of aryl methyl sites for hydroxylation is 3. The van der Waals surface area contributed by atoms with Crippen molar-refractivity contribution >= 4 is 35.0 Å². The van der Waals surface area contributed by atoms with E-state index in [0.717, 1.165) is 28.6 Å². The number of nitrogens with zero attached hydrogens (tertiary/aromatic N) is 4. The number of methoxy groups -OCH3 is 1. The van der Waals surface area contributed by atoms with Crippen LogP contribution >= 0.6 is 0 Å². The van der Waals surface area contributed by atoms with Gasteiger partial charge in [0.2, 0.25) is 11.9 Å². The van der Waals surface area contributed by atoms with Crippen molar-refractivity contribution in [2.75, 3.05) is 48.8 Å². The van der Waals surface area contributed by atoms with Crippen molar-refractivity contribution in [2.45, 2.75) is 65.2 Å². The highest BCUT2D eigenvalue weighted by Gasteiger charge is 2.35. The lowest BCUT2D eigenvalue weighted by molar-refractivity contribution is -0.138. The molecule has 3 aromatic rings. The van der Waals surface area contributed by atoms with Crippen LogP contribution in [0.1, 0.15) is 55.6 Å². The number of nitrogens with one attached hydrogen (secondary N) is 2. The summed E-state index contributed by atoms with van der Waals surface area (Å²) in [6.45, 7) is 9.73. The molecule has 2 N–H and O–H groups in total. The SMILES string of the molecule is CCc1cc(Nc2ncc(C(F)(F)F)c(CCc3cccc4c3CC(=O)N4)n2)c(OC)cc1N1CCN(C(=O)OC(C)(C)C)CC1. The molecule has 0 radical (unpaired) electrons. The highest BCUT2D eigenvalue weighted by molar-refractivity contribution is 5.99. The monoisotopic (exact) mass is 640 g/mol. The van der Waals surface area contributed by atoms with E-state index in [1.165, 1.54) is 7.11 Å². The van der Waals surface area contributed by atoms with Gasteiger partial charge in [0.25, 0.3) is 0 Å². The molecular formula is C33H39F3N6O4. The van der Waals surface area contributed by atoms with E-state index < -0.39 is 17.3 Å². The van der Waals surface area contributed by atoms with Crippen molar-refractivity contribution in [3.63, 3.8) is 0 Å². The molecule has 2 aliphatic heterocycles. The normalized spacial score (nSPS) is 15.0. The second-order valence-corrected chi connectivity index (χ2v) is 12.3. The number of amides is 2. The van der Waals surface area contributed by atoms with Gasteiger partial charge in [0, 0.05) is 49.8 Å². The Balaban J connectivity index is 1.36. The molecule has 0 bridgehead atoms. The van der Waals surface area contributed by atoms with Gasteiger partial charge in [-0.05, 0) is 68.9 Å². The van der Waals surface area contributed by atoms with Gasteiger partial charge in [0.15, 0.2) is 0 Å². The first-order chi connectivity index (χ1) is 21.8. The van der Waals surface area contributed by atoms with Gasteiger partial charge in [0.05, 0.1) is 30.5 Å². The number of ether oxygens (including phenoxy) is 2. The molecule has 0 saturated carbocycles. The second kappa shape index (κ2) is 13.1. The molecule has 1 aromatic heterocycles. The molecule has 2 aliphatic rings. The minimum Gasteiger partial charge on any atom is -0.494 e. The largest absolute Gasteiger partial charge is 0.494 e. The fourth-order valence-corrected chi connectivity index (χ4v) is 5.74. The van der Waals surface area contributed by atoms with Crippen LogP contribution in [0, 0.1) is 0 Å². The van der Waals surface area contributed by atoms with Crippen molar-refractivity contribution in [3.05, 3.63) is 64.5 Å². The number of carbonyl (C=O) groups is 2. The first kappa shape index (κ1) is 32.8. The Bertz CT molecular complexity index is 1610. The van der Waals surface area contributed by atoms with Gasteiger partial charge in [-0.1, -0.05) is 19.1 Å². The maximum atomic E-state index is 14.0. The molecule has 46 heavy (non-hydrogen) atoms. The lowest BCUT2D eigenvalue weighted by Crippen LogP contribution is -2.50. The molecule has 1 fully saturated rings. The predicted octanol–water partition coefficient (Wildman–Crippen LogP) is 6.15. The summed E-state index contributed by atoms with van der Waals surface area (Å²) in [6, 6.07) is 9.17. The second-order valence-electron chi connectivity index (χ2n) is 12.3. The minimum absolute atomic E-state index is 0.00223. The molecule has 13 heteroatoms. The molecule has 246 valence electrons. The average molecular weight is 641 g/mol. The van der Waals surface area contributed by atoms with Gasteiger partial charge in [-0.3, -0.25) is 4.79 Å². The molecular weight excluding hydrogens is 601 g/mol. The summed E-state index contributed by atoms with van der Waals surface area (Å²) in [5.74, 6) is 0.350. The van der Waals surface area contributed by atoms with Crippen molar-refractivity contribution in [1.29, 1.82) is 0 Å². The van der Waals surface area contributed by atoms with Gasteiger partial charge in [0.1, 0.15) is 11.4 Å². The number of piperazine rings is 1. The molecule has 0 atom stereocenters. The van der Waals surface area contributed by atoms with Gasteiger partial charge in [-0.2, -0.15) is 13.2 Å². The summed E-state index contributed by atoms with van der Waals surface area (Å²) in [7, 11) is 1.52. The smallest absolute Gasteiger partial charge is 0.419 e. The maximum absolute atomic E-state index is 14.0. The number of fused-ring (bicyclic) bond motifs is 1. The number of aromatic nitrogens is 2. The molecule has 0 aliphatic carbocycles. The highest BCUT2D eigenvalue weighted by Crippen LogP contribution is 2.37. The van der Waals surface area contributed by atoms with Crippen LogP contribution in [0.2, 0.25) is 0 Å². The summed E-state index contributed by atoms with van der Waals surface area (Å²) < 4.78 is 53.1. The summed E-state index contributed by atoms with van der Waals surface area (Å²) in [6.07, 6.45) is -3.01. The average Bonchev–Trinajstić information content (AvgIpc) is 3.39. The van der Waals surface area contributed by atoms with E-state index in [-0.39, 0.29) is 42.9 Å². The summed E-state index contributed by atoms with van der Waals surface area (Å²) in [5.41, 5.74) is 3.13. The summed E-state index contributed by atoms with van der Waals surface area (Å²) in [4.78, 5) is 36.6. The van der Waals surface area contributed by atoms with E-state index in [2.05, 4.69) is 25.5 Å². The van der Waals surface area contributed by atoms with Crippen molar-refractivity contribution in [3.8, 4) is 5.75 Å². The maximum Gasteiger partial charge on any atom is 0.419 e. The standard InChI is InChI=1S/C33H39F3N6O4/c1-6-20-16-26(28(45-5)18-27(20)41-12-14-42(15-13-41)31(44)46-32(2,3)4)40-30-37-19-23(33(34,35)36)25(39-30)11-10-21-8-7-9-24-22(21)17-29(43)38-24/h7-9,16,18-19H,6,10-15,17H2,1-5H3,(H,38,43)(H,37,39,40). The number of anilines is 4. The van der Waals surface area contributed by atoms with E-state index >= 15 is 0 Å². The molecule has 5 rings (SSSR count). The van der Waals surface area contributed by atoms with E-state index in [9.17, 15) is 22.8 Å². The fourth-order valence-electron chi connectivity index (χ4n) is 5.74. The highest BCUT2D eigenvalue weighted by atomic mass is 19.4. The van der Waals surface area contributed by atoms with Crippen molar-refractivity contribution < 1.29 is 32.2 Å².